The summed E-state index contributed by atoms with van der Waals surface area (Å²) in [6, 6.07) is 6.11. The lowest BCUT2D eigenvalue weighted by molar-refractivity contribution is 0.269. The fraction of sp³-hybridized carbons (Fsp3) is 0.538. The van der Waals surface area contributed by atoms with E-state index in [1.54, 1.807) is 7.11 Å². The van der Waals surface area contributed by atoms with E-state index in [1.807, 2.05) is 26.0 Å². The van der Waals surface area contributed by atoms with E-state index in [-0.39, 0.29) is 18.6 Å². The molecular formula is C13H21NO2. The van der Waals surface area contributed by atoms with Gasteiger partial charge < -0.3 is 15.6 Å². The van der Waals surface area contributed by atoms with Gasteiger partial charge in [-0.05, 0) is 37.5 Å². The van der Waals surface area contributed by atoms with Gasteiger partial charge in [-0.2, -0.15) is 0 Å². The van der Waals surface area contributed by atoms with Crippen LogP contribution in [-0.2, 0) is 0 Å². The third-order valence-electron chi connectivity index (χ3n) is 2.92. The van der Waals surface area contributed by atoms with E-state index in [9.17, 15) is 0 Å². The van der Waals surface area contributed by atoms with Crippen molar-refractivity contribution < 1.29 is 9.84 Å². The van der Waals surface area contributed by atoms with Crippen LogP contribution in [0.2, 0.25) is 0 Å². The first-order valence-electron chi connectivity index (χ1n) is 5.61. The third-order valence-corrected chi connectivity index (χ3v) is 2.92. The number of aliphatic hydroxyl groups excluding tert-OH is 1. The van der Waals surface area contributed by atoms with Crippen molar-refractivity contribution in [2.75, 3.05) is 13.7 Å². The predicted molar refractivity (Wildman–Crippen MR) is 65.8 cm³/mol. The molecule has 1 aromatic rings. The van der Waals surface area contributed by atoms with Gasteiger partial charge in [0, 0.05) is 18.6 Å². The van der Waals surface area contributed by atoms with E-state index < -0.39 is 0 Å². The molecule has 2 atom stereocenters. The minimum atomic E-state index is 0.0416. The molecule has 16 heavy (non-hydrogen) atoms. The van der Waals surface area contributed by atoms with Crippen LogP contribution in [0.4, 0.5) is 0 Å². The Kier molecular flexibility index (Phi) is 4.77. The van der Waals surface area contributed by atoms with Gasteiger partial charge in [-0.15, -0.1) is 0 Å². The van der Waals surface area contributed by atoms with Crippen molar-refractivity contribution in [2.24, 2.45) is 5.73 Å². The van der Waals surface area contributed by atoms with E-state index in [0.717, 1.165) is 11.3 Å². The molecule has 0 saturated heterocycles. The first-order valence-corrected chi connectivity index (χ1v) is 5.61. The smallest absolute Gasteiger partial charge is 0.121 e. The second kappa shape index (κ2) is 5.87. The van der Waals surface area contributed by atoms with Gasteiger partial charge >= 0.3 is 0 Å². The molecule has 2 unspecified atom stereocenters. The first-order chi connectivity index (χ1) is 7.60. The summed E-state index contributed by atoms with van der Waals surface area (Å²) in [4.78, 5) is 0. The van der Waals surface area contributed by atoms with Gasteiger partial charge in [0.2, 0.25) is 0 Å². The number of ether oxygens (including phenoxy) is 1. The third kappa shape index (κ3) is 2.97. The molecular weight excluding hydrogens is 202 g/mol. The second-order valence-corrected chi connectivity index (χ2v) is 4.21. The zero-order valence-electron chi connectivity index (χ0n) is 10.2. The molecule has 1 rings (SSSR count). The van der Waals surface area contributed by atoms with Crippen LogP contribution in [0, 0.1) is 6.92 Å². The van der Waals surface area contributed by atoms with Crippen LogP contribution in [-0.4, -0.2) is 24.9 Å². The Morgan fingerprint density at radius 2 is 2.12 bits per heavy atom. The highest BCUT2D eigenvalue weighted by Gasteiger charge is 2.16. The lowest BCUT2D eigenvalue weighted by Gasteiger charge is -2.21. The molecule has 0 aromatic heterocycles. The summed E-state index contributed by atoms with van der Waals surface area (Å²) >= 11 is 0. The van der Waals surface area contributed by atoms with Crippen LogP contribution in [0.1, 0.15) is 30.4 Å². The topological polar surface area (TPSA) is 55.5 Å². The van der Waals surface area contributed by atoms with Gasteiger partial charge in [-0.25, -0.2) is 0 Å². The quantitative estimate of drug-likeness (QED) is 0.800. The molecule has 3 heteroatoms. The molecule has 0 amide bonds. The summed E-state index contributed by atoms with van der Waals surface area (Å²) in [5.74, 6) is 1.09. The molecule has 0 aliphatic carbocycles. The summed E-state index contributed by atoms with van der Waals surface area (Å²) in [5, 5.41) is 9.04. The molecule has 3 N–H and O–H groups in total. The minimum absolute atomic E-state index is 0.0416. The Morgan fingerprint density at radius 1 is 1.44 bits per heavy atom. The maximum atomic E-state index is 9.04. The van der Waals surface area contributed by atoms with Crippen molar-refractivity contribution >= 4 is 0 Å². The summed E-state index contributed by atoms with van der Waals surface area (Å²) in [7, 11) is 1.67. The highest BCUT2D eigenvalue weighted by molar-refractivity contribution is 5.38. The highest BCUT2D eigenvalue weighted by atomic mass is 16.5. The van der Waals surface area contributed by atoms with Crippen LogP contribution in [0.3, 0.4) is 0 Å². The number of benzene rings is 1. The largest absolute Gasteiger partial charge is 0.496 e. The highest BCUT2D eigenvalue weighted by Crippen LogP contribution is 2.27. The maximum Gasteiger partial charge on any atom is 0.121 e. The van der Waals surface area contributed by atoms with E-state index in [1.165, 1.54) is 5.56 Å². The average Bonchev–Trinajstić information content (AvgIpc) is 2.25. The van der Waals surface area contributed by atoms with E-state index >= 15 is 0 Å². The van der Waals surface area contributed by atoms with Crippen molar-refractivity contribution in [3.8, 4) is 5.75 Å². The molecule has 0 heterocycles. The molecule has 0 spiro atoms. The number of aryl methyl sites for hydroxylation is 1. The molecule has 3 nitrogen and oxygen atoms in total. The summed E-state index contributed by atoms with van der Waals surface area (Å²) in [6.45, 7) is 4.15. The molecule has 0 bridgehead atoms. The standard InChI is InChI=1S/C13H21NO2/c1-9-8-11(4-5-13(9)16-3)12(6-7-15)10(2)14/h4-5,8,10,12,15H,6-7,14H2,1-3H3. The number of nitrogens with two attached hydrogens (primary N) is 1. The van der Waals surface area contributed by atoms with E-state index in [0.29, 0.717) is 6.42 Å². The van der Waals surface area contributed by atoms with Crippen molar-refractivity contribution in [2.45, 2.75) is 32.2 Å². The Balaban J connectivity index is 2.97. The summed E-state index contributed by atoms with van der Waals surface area (Å²) in [5.41, 5.74) is 8.20. The average molecular weight is 223 g/mol. The van der Waals surface area contributed by atoms with E-state index in [4.69, 9.17) is 15.6 Å². The fourth-order valence-electron chi connectivity index (χ4n) is 2.00. The second-order valence-electron chi connectivity index (χ2n) is 4.21. The Hall–Kier alpha value is -1.06. The van der Waals surface area contributed by atoms with Gasteiger partial charge in [0.1, 0.15) is 5.75 Å². The van der Waals surface area contributed by atoms with Crippen LogP contribution in [0.15, 0.2) is 18.2 Å². The SMILES string of the molecule is COc1ccc(C(CCO)C(C)N)cc1C. The van der Waals surface area contributed by atoms with Crippen LogP contribution in [0.5, 0.6) is 5.75 Å². The summed E-state index contributed by atoms with van der Waals surface area (Å²) in [6.07, 6.45) is 0.698. The van der Waals surface area contributed by atoms with Crippen LogP contribution in [0.25, 0.3) is 0 Å². The van der Waals surface area contributed by atoms with Crippen molar-refractivity contribution in [1.29, 1.82) is 0 Å². The van der Waals surface area contributed by atoms with Gasteiger partial charge in [0.25, 0.3) is 0 Å². The number of methoxy groups -OCH3 is 1. The molecule has 0 fully saturated rings. The summed E-state index contributed by atoms with van der Waals surface area (Å²) < 4.78 is 5.22. The zero-order chi connectivity index (χ0) is 12.1. The zero-order valence-corrected chi connectivity index (χ0v) is 10.2. The van der Waals surface area contributed by atoms with Crippen molar-refractivity contribution in [1.82, 2.24) is 0 Å². The van der Waals surface area contributed by atoms with E-state index in [2.05, 4.69) is 6.07 Å². The molecule has 1 aromatic carbocycles. The van der Waals surface area contributed by atoms with Crippen molar-refractivity contribution in [3.05, 3.63) is 29.3 Å². The molecule has 0 saturated carbocycles. The number of hydrogen-bond acceptors (Lipinski definition) is 3. The number of aliphatic hydroxyl groups is 1. The minimum Gasteiger partial charge on any atom is -0.496 e. The maximum absolute atomic E-state index is 9.04. The van der Waals surface area contributed by atoms with Gasteiger partial charge in [-0.1, -0.05) is 12.1 Å². The fourth-order valence-corrected chi connectivity index (χ4v) is 2.00. The monoisotopic (exact) mass is 223 g/mol. The molecule has 90 valence electrons. The predicted octanol–water partition coefficient (Wildman–Crippen LogP) is 1.82. The number of hydrogen-bond donors (Lipinski definition) is 2. The normalized spacial score (nSPS) is 14.6. The van der Waals surface area contributed by atoms with Crippen molar-refractivity contribution in [3.63, 3.8) is 0 Å². The number of rotatable bonds is 5. The molecule has 0 radical (unpaired) electrons. The van der Waals surface area contributed by atoms with Crippen LogP contribution < -0.4 is 10.5 Å². The van der Waals surface area contributed by atoms with Gasteiger partial charge in [0.15, 0.2) is 0 Å². The van der Waals surface area contributed by atoms with Crippen LogP contribution >= 0.6 is 0 Å². The Morgan fingerprint density at radius 3 is 2.56 bits per heavy atom. The Bertz CT molecular complexity index is 337. The van der Waals surface area contributed by atoms with Gasteiger partial charge in [0.05, 0.1) is 7.11 Å². The van der Waals surface area contributed by atoms with Gasteiger partial charge in [-0.3, -0.25) is 0 Å². The molecule has 0 aliphatic heterocycles. The Labute approximate surface area is 97.2 Å². The lowest BCUT2D eigenvalue weighted by atomic mass is 9.89. The lowest BCUT2D eigenvalue weighted by Crippen LogP contribution is -2.25. The molecule has 0 aliphatic rings. The first kappa shape index (κ1) is 13.0.